The second-order valence-corrected chi connectivity index (χ2v) is 12.8. The molecule has 10 heteroatoms. The number of likely N-dealkylation sites (tertiary alicyclic amines) is 1. The van der Waals surface area contributed by atoms with Crippen LogP contribution in [0.4, 0.5) is 0 Å². The first-order chi connectivity index (χ1) is 18.3. The normalized spacial score (nSPS) is 21.5. The third kappa shape index (κ3) is 5.85. The van der Waals surface area contributed by atoms with Crippen LogP contribution in [0, 0.1) is 36.0 Å². The van der Waals surface area contributed by atoms with Gasteiger partial charge in [0.05, 0.1) is 34.3 Å². The van der Waals surface area contributed by atoms with E-state index in [1.54, 1.807) is 11.3 Å². The van der Waals surface area contributed by atoms with Crippen LogP contribution >= 0.6 is 11.3 Å². The summed E-state index contributed by atoms with van der Waals surface area (Å²) in [5, 5.41) is 25.7. The number of aliphatic hydroxyl groups is 1. The van der Waals surface area contributed by atoms with E-state index in [2.05, 4.69) is 27.8 Å². The summed E-state index contributed by atoms with van der Waals surface area (Å²) in [6.45, 7) is 11.3. The van der Waals surface area contributed by atoms with Crippen LogP contribution in [0.1, 0.15) is 69.8 Å². The second-order valence-electron chi connectivity index (χ2n) is 11.9. The Morgan fingerprint density at radius 2 is 1.92 bits per heavy atom. The number of carbonyl (C=O) groups excluding carboxylic acids is 3. The molecular weight excluding hydrogens is 514 g/mol. The monoisotopic (exact) mass is 551 g/mol. The number of rotatable bonds is 7. The zero-order chi connectivity index (χ0) is 28.7. The lowest BCUT2D eigenvalue weighted by molar-refractivity contribution is -0.144. The topological polar surface area (TPSA) is 135 Å². The number of benzene rings is 1. The molecule has 1 saturated carbocycles. The fourth-order valence-corrected chi connectivity index (χ4v) is 5.98. The molecule has 1 saturated heterocycles. The van der Waals surface area contributed by atoms with Gasteiger partial charge in [-0.25, -0.2) is 4.98 Å². The lowest BCUT2D eigenvalue weighted by Gasteiger charge is -2.36. The number of aryl methyl sites for hydroxylation is 2. The maximum absolute atomic E-state index is 13.7. The van der Waals surface area contributed by atoms with Crippen LogP contribution in [0.15, 0.2) is 23.7 Å². The van der Waals surface area contributed by atoms with Gasteiger partial charge in [0.2, 0.25) is 17.7 Å². The van der Waals surface area contributed by atoms with Gasteiger partial charge in [-0.15, -0.1) is 11.3 Å². The predicted octanol–water partition coefficient (Wildman–Crippen LogP) is 3.40. The lowest BCUT2D eigenvalue weighted by atomic mass is 9.85. The number of aromatic nitrogens is 1. The van der Waals surface area contributed by atoms with Crippen molar-refractivity contribution in [2.75, 3.05) is 6.54 Å². The predicted molar refractivity (Wildman–Crippen MR) is 148 cm³/mol. The molecule has 4 atom stereocenters. The smallest absolute Gasteiger partial charge is 0.246 e. The number of thiazole rings is 1. The number of hydrogen-bond donors (Lipinski definition) is 3. The molecule has 1 aromatic heterocycles. The van der Waals surface area contributed by atoms with Gasteiger partial charge in [-0.05, 0) is 55.7 Å². The molecule has 1 aliphatic carbocycles. The van der Waals surface area contributed by atoms with Gasteiger partial charge in [0, 0.05) is 13.0 Å². The van der Waals surface area contributed by atoms with E-state index in [1.807, 2.05) is 59.2 Å². The molecule has 0 bridgehead atoms. The first-order valence-electron chi connectivity index (χ1n) is 13.3. The highest BCUT2D eigenvalue weighted by molar-refractivity contribution is 7.13. The van der Waals surface area contributed by atoms with Gasteiger partial charge in [0.25, 0.3) is 0 Å². The molecular formula is C29H37N5O4S. The molecule has 2 aromatic rings. The number of aliphatic hydroxyl groups excluding tert-OH is 1. The maximum atomic E-state index is 13.7. The number of carbonyl (C=O) groups is 3. The Kier molecular flexibility index (Phi) is 7.88. The quantitative estimate of drug-likeness (QED) is 0.483. The Bertz CT molecular complexity index is 1320. The average Bonchev–Trinajstić information content (AvgIpc) is 3.40. The van der Waals surface area contributed by atoms with Crippen molar-refractivity contribution in [2.24, 2.45) is 10.8 Å². The molecule has 2 fully saturated rings. The maximum Gasteiger partial charge on any atom is 0.246 e. The van der Waals surface area contributed by atoms with Crippen LogP contribution in [-0.4, -0.2) is 57.4 Å². The van der Waals surface area contributed by atoms with Crippen molar-refractivity contribution < 1.29 is 19.5 Å². The lowest BCUT2D eigenvalue weighted by Crippen LogP contribution is -2.58. The number of nitriles is 1. The average molecular weight is 552 g/mol. The zero-order valence-electron chi connectivity index (χ0n) is 23.4. The molecule has 3 amide bonds. The summed E-state index contributed by atoms with van der Waals surface area (Å²) in [5.74, 6) is -1.25. The highest BCUT2D eigenvalue weighted by Gasteiger charge is 2.53. The summed E-state index contributed by atoms with van der Waals surface area (Å²) in [5.41, 5.74) is 4.10. The molecule has 0 spiro atoms. The van der Waals surface area contributed by atoms with Crippen molar-refractivity contribution >= 4 is 29.1 Å². The summed E-state index contributed by atoms with van der Waals surface area (Å²) in [6.07, 6.45) is 0.194. The molecule has 208 valence electrons. The SMILES string of the molecule is Cc1cc(-c2scnc2C)ccc1[C@H](C)NC(=O)[C@@H]1C[C@@H](O)CN1C(=O)[C@H](NC(=O)C1(C#N)CC1)C(C)(C)C. The largest absolute Gasteiger partial charge is 0.391 e. The highest BCUT2D eigenvalue weighted by atomic mass is 32.1. The molecule has 0 radical (unpaired) electrons. The van der Waals surface area contributed by atoms with Gasteiger partial charge >= 0.3 is 0 Å². The summed E-state index contributed by atoms with van der Waals surface area (Å²) >= 11 is 1.59. The van der Waals surface area contributed by atoms with E-state index >= 15 is 0 Å². The summed E-state index contributed by atoms with van der Waals surface area (Å²) in [6, 6.07) is 6.01. The van der Waals surface area contributed by atoms with Crippen LogP contribution in [0.25, 0.3) is 10.4 Å². The molecule has 2 heterocycles. The summed E-state index contributed by atoms with van der Waals surface area (Å²) in [7, 11) is 0. The van der Waals surface area contributed by atoms with E-state index in [1.165, 1.54) is 4.90 Å². The van der Waals surface area contributed by atoms with Crippen LogP contribution in [0.5, 0.6) is 0 Å². The van der Waals surface area contributed by atoms with Crippen molar-refractivity contribution in [2.45, 2.75) is 85.0 Å². The summed E-state index contributed by atoms with van der Waals surface area (Å²) in [4.78, 5) is 46.8. The minimum atomic E-state index is -1.08. The van der Waals surface area contributed by atoms with Crippen molar-refractivity contribution in [3.8, 4) is 16.5 Å². The van der Waals surface area contributed by atoms with Crippen LogP contribution < -0.4 is 10.6 Å². The van der Waals surface area contributed by atoms with Gasteiger partial charge < -0.3 is 20.6 Å². The number of β-amino-alcohol motifs (C(OH)–C–C–N with tert-alkyl or cyclic N) is 1. The molecule has 0 unspecified atom stereocenters. The van der Waals surface area contributed by atoms with Crippen LogP contribution in [0.2, 0.25) is 0 Å². The van der Waals surface area contributed by atoms with Crippen LogP contribution in [0.3, 0.4) is 0 Å². The Hall–Kier alpha value is -3.29. The van der Waals surface area contributed by atoms with Crippen molar-refractivity contribution in [1.29, 1.82) is 5.26 Å². The van der Waals surface area contributed by atoms with E-state index < -0.39 is 40.8 Å². The summed E-state index contributed by atoms with van der Waals surface area (Å²) < 4.78 is 0. The van der Waals surface area contributed by atoms with Gasteiger partial charge in [-0.3, -0.25) is 14.4 Å². The van der Waals surface area contributed by atoms with Crippen molar-refractivity contribution in [3.63, 3.8) is 0 Å². The third-order valence-electron chi connectivity index (χ3n) is 7.75. The standard InChI is InChI=1S/C29H37N5O4S/c1-16-11-19(23-18(3)31-15-39-23)7-8-21(16)17(2)32-25(36)22-12-20(35)13-34(22)26(37)24(28(4,5)6)33-27(38)29(14-30)9-10-29/h7-8,11,15,17,20,22,24,35H,9-10,12-13H2,1-6H3,(H,32,36)(H,33,38)/t17-,20+,22-,24-/m0/s1. The second kappa shape index (κ2) is 10.7. The first kappa shape index (κ1) is 28.7. The number of hydrogen-bond acceptors (Lipinski definition) is 7. The van der Waals surface area contributed by atoms with E-state index in [-0.39, 0.29) is 24.9 Å². The minimum absolute atomic E-state index is 0.000923. The van der Waals surface area contributed by atoms with Gasteiger partial charge in [0.15, 0.2) is 0 Å². The molecule has 1 aliphatic heterocycles. The molecule has 1 aromatic carbocycles. The zero-order valence-corrected chi connectivity index (χ0v) is 24.2. The van der Waals surface area contributed by atoms with Gasteiger partial charge in [-0.2, -0.15) is 5.26 Å². The van der Waals surface area contributed by atoms with E-state index in [0.29, 0.717) is 12.8 Å². The molecule has 3 N–H and O–H groups in total. The molecule has 4 rings (SSSR count). The Morgan fingerprint density at radius 1 is 1.23 bits per heavy atom. The van der Waals surface area contributed by atoms with E-state index in [9.17, 15) is 24.8 Å². The molecule has 9 nitrogen and oxygen atoms in total. The first-order valence-corrected chi connectivity index (χ1v) is 14.2. The van der Waals surface area contributed by atoms with Crippen LogP contribution in [-0.2, 0) is 14.4 Å². The fraction of sp³-hybridized carbons (Fsp3) is 0.552. The van der Waals surface area contributed by atoms with E-state index in [4.69, 9.17) is 0 Å². The molecule has 2 aliphatic rings. The number of amides is 3. The number of nitrogens with zero attached hydrogens (tertiary/aromatic N) is 3. The Balaban J connectivity index is 1.49. The highest BCUT2D eigenvalue weighted by Crippen LogP contribution is 2.45. The number of nitrogens with one attached hydrogen (secondary N) is 2. The Morgan fingerprint density at radius 3 is 2.46 bits per heavy atom. The van der Waals surface area contributed by atoms with Crippen molar-refractivity contribution in [3.05, 3.63) is 40.5 Å². The minimum Gasteiger partial charge on any atom is -0.391 e. The van der Waals surface area contributed by atoms with E-state index in [0.717, 1.165) is 27.3 Å². The van der Waals surface area contributed by atoms with Crippen molar-refractivity contribution in [1.82, 2.24) is 20.5 Å². The fourth-order valence-electron chi connectivity index (χ4n) is 5.17. The van der Waals surface area contributed by atoms with Gasteiger partial charge in [-0.1, -0.05) is 39.0 Å². The third-order valence-corrected chi connectivity index (χ3v) is 8.73. The molecule has 39 heavy (non-hydrogen) atoms. The Labute approximate surface area is 233 Å². The van der Waals surface area contributed by atoms with Gasteiger partial charge in [0.1, 0.15) is 17.5 Å².